The van der Waals surface area contributed by atoms with Crippen molar-refractivity contribution in [2.24, 2.45) is 5.92 Å². The number of likely N-dealkylation sites (tertiary alicyclic amines) is 1. The van der Waals surface area contributed by atoms with Gasteiger partial charge in [0.05, 0.1) is 16.3 Å². The summed E-state index contributed by atoms with van der Waals surface area (Å²) in [5, 5.41) is 3.77. The molecule has 0 radical (unpaired) electrons. The zero-order chi connectivity index (χ0) is 22.7. The molecule has 0 aromatic heterocycles. The Hall–Kier alpha value is -2.29. The number of carbonyl (C=O) groups excluding carboxylic acids is 1. The van der Waals surface area contributed by atoms with Gasteiger partial charge in [-0.3, -0.25) is 9.52 Å². The Kier molecular flexibility index (Phi) is 6.93. The standard InChI is InChI=1S/C23H29ClN4O3S/c1-17-3-2-12-28(16-17)23(29)18-4-9-22(27-13-10-25-11-14-27)21(15-18)26-32(30,31)20-7-5-19(24)6-8-20/h4-9,15,17,25-26H,2-3,10-14,16H2,1H3/t17-/m1/s1. The average Bonchev–Trinajstić information content (AvgIpc) is 2.79. The molecule has 7 nitrogen and oxygen atoms in total. The number of nitrogens with zero attached hydrogens (tertiary/aromatic N) is 2. The van der Waals surface area contributed by atoms with Gasteiger partial charge in [0.2, 0.25) is 0 Å². The predicted octanol–water partition coefficient (Wildman–Crippen LogP) is 3.42. The third kappa shape index (κ3) is 5.19. The van der Waals surface area contributed by atoms with Crippen LogP contribution in [0.5, 0.6) is 0 Å². The number of nitrogens with one attached hydrogen (secondary N) is 2. The van der Waals surface area contributed by atoms with Crippen LogP contribution in [0, 0.1) is 5.92 Å². The molecule has 0 aliphatic carbocycles. The molecule has 2 aliphatic heterocycles. The quantitative estimate of drug-likeness (QED) is 0.691. The second-order valence-corrected chi connectivity index (χ2v) is 10.6. The zero-order valence-corrected chi connectivity index (χ0v) is 19.8. The lowest BCUT2D eigenvalue weighted by Crippen LogP contribution is -2.44. The molecule has 1 amide bonds. The van der Waals surface area contributed by atoms with E-state index in [1.54, 1.807) is 24.3 Å². The Labute approximate surface area is 194 Å². The van der Waals surface area contributed by atoms with E-state index >= 15 is 0 Å². The normalized spacial score (nSPS) is 19.6. The molecule has 32 heavy (non-hydrogen) atoms. The van der Waals surface area contributed by atoms with Crippen LogP contribution in [0.15, 0.2) is 47.4 Å². The van der Waals surface area contributed by atoms with Crippen molar-refractivity contribution >= 4 is 38.9 Å². The summed E-state index contributed by atoms with van der Waals surface area (Å²) in [5.74, 6) is 0.408. The second kappa shape index (κ2) is 9.68. The monoisotopic (exact) mass is 476 g/mol. The van der Waals surface area contributed by atoms with Gasteiger partial charge in [-0.2, -0.15) is 0 Å². The molecule has 4 rings (SSSR count). The van der Waals surface area contributed by atoms with Crippen LogP contribution in [0.3, 0.4) is 0 Å². The predicted molar refractivity (Wildman–Crippen MR) is 128 cm³/mol. The van der Waals surface area contributed by atoms with Gasteiger partial charge in [-0.05, 0) is 61.2 Å². The van der Waals surface area contributed by atoms with Gasteiger partial charge in [0.1, 0.15) is 0 Å². The average molecular weight is 477 g/mol. The smallest absolute Gasteiger partial charge is 0.261 e. The highest BCUT2D eigenvalue weighted by atomic mass is 35.5. The van der Waals surface area contributed by atoms with E-state index in [0.29, 0.717) is 22.2 Å². The fourth-order valence-electron chi connectivity index (χ4n) is 4.31. The second-order valence-electron chi connectivity index (χ2n) is 8.53. The van der Waals surface area contributed by atoms with Gasteiger partial charge in [0.15, 0.2) is 0 Å². The lowest BCUT2D eigenvalue weighted by Gasteiger charge is -2.33. The number of hydrogen-bond acceptors (Lipinski definition) is 5. The minimum atomic E-state index is -3.84. The number of rotatable bonds is 5. The highest BCUT2D eigenvalue weighted by molar-refractivity contribution is 7.92. The summed E-state index contributed by atoms with van der Waals surface area (Å²) in [6, 6.07) is 11.4. The zero-order valence-electron chi connectivity index (χ0n) is 18.2. The van der Waals surface area contributed by atoms with E-state index in [9.17, 15) is 13.2 Å². The maximum atomic E-state index is 13.2. The van der Waals surface area contributed by atoms with Gasteiger partial charge in [-0.1, -0.05) is 18.5 Å². The van der Waals surface area contributed by atoms with E-state index in [0.717, 1.165) is 57.8 Å². The molecule has 2 aromatic carbocycles. The van der Waals surface area contributed by atoms with Gasteiger partial charge in [-0.15, -0.1) is 0 Å². The number of amides is 1. The van der Waals surface area contributed by atoms with Gasteiger partial charge in [-0.25, -0.2) is 8.42 Å². The maximum absolute atomic E-state index is 13.2. The van der Waals surface area contributed by atoms with Crippen LogP contribution < -0.4 is 14.9 Å². The van der Waals surface area contributed by atoms with Gasteiger partial charge in [0, 0.05) is 49.9 Å². The molecule has 2 heterocycles. The molecular formula is C23H29ClN4O3S. The van der Waals surface area contributed by atoms with Gasteiger partial charge < -0.3 is 15.1 Å². The number of anilines is 2. The molecule has 0 spiro atoms. The van der Waals surface area contributed by atoms with Crippen LogP contribution in [0.25, 0.3) is 0 Å². The highest BCUT2D eigenvalue weighted by Crippen LogP contribution is 2.31. The van der Waals surface area contributed by atoms with Crippen molar-refractivity contribution in [1.82, 2.24) is 10.2 Å². The van der Waals surface area contributed by atoms with E-state index < -0.39 is 10.0 Å². The van der Waals surface area contributed by atoms with Crippen molar-refractivity contribution in [1.29, 1.82) is 0 Å². The third-order valence-electron chi connectivity index (χ3n) is 6.01. The maximum Gasteiger partial charge on any atom is 0.261 e. The highest BCUT2D eigenvalue weighted by Gasteiger charge is 2.25. The molecule has 9 heteroatoms. The van der Waals surface area contributed by atoms with Crippen molar-refractivity contribution in [3.05, 3.63) is 53.1 Å². The first-order valence-corrected chi connectivity index (χ1v) is 12.9. The summed E-state index contributed by atoms with van der Waals surface area (Å²) < 4.78 is 28.9. The van der Waals surface area contributed by atoms with E-state index in [4.69, 9.17) is 11.6 Å². The van der Waals surface area contributed by atoms with Crippen LogP contribution in [0.2, 0.25) is 5.02 Å². The Morgan fingerprint density at radius 2 is 1.81 bits per heavy atom. The van der Waals surface area contributed by atoms with E-state index in [2.05, 4.69) is 21.9 Å². The molecule has 2 N–H and O–H groups in total. The minimum Gasteiger partial charge on any atom is -0.367 e. The molecule has 2 aromatic rings. The fraction of sp³-hybridized carbons (Fsp3) is 0.435. The van der Waals surface area contributed by atoms with Crippen molar-refractivity contribution < 1.29 is 13.2 Å². The Morgan fingerprint density at radius 1 is 1.09 bits per heavy atom. The number of sulfonamides is 1. The number of hydrogen-bond donors (Lipinski definition) is 2. The molecule has 1 atom stereocenters. The van der Waals surface area contributed by atoms with Crippen LogP contribution in [-0.4, -0.2) is 58.5 Å². The molecule has 2 fully saturated rings. The first kappa shape index (κ1) is 22.9. The summed E-state index contributed by atoms with van der Waals surface area (Å²) in [7, 11) is -3.84. The summed E-state index contributed by atoms with van der Waals surface area (Å²) in [6.07, 6.45) is 2.11. The molecular weight excluding hydrogens is 448 g/mol. The first-order chi connectivity index (χ1) is 15.3. The first-order valence-electron chi connectivity index (χ1n) is 11.0. The summed E-state index contributed by atoms with van der Waals surface area (Å²) >= 11 is 5.92. The summed E-state index contributed by atoms with van der Waals surface area (Å²) in [4.78, 5) is 17.3. The van der Waals surface area contributed by atoms with Crippen LogP contribution in [0.4, 0.5) is 11.4 Å². The molecule has 0 saturated carbocycles. The molecule has 172 valence electrons. The van der Waals surface area contributed by atoms with Gasteiger partial charge >= 0.3 is 0 Å². The summed E-state index contributed by atoms with van der Waals surface area (Å²) in [5.41, 5.74) is 1.68. The van der Waals surface area contributed by atoms with E-state index in [-0.39, 0.29) is 10.8 Å². The van der Waals surface area contributed by atoms with E-state index in [1.165, 1.54) is 12.1 Å². The largest absolute Gasteiger partial charge is 0.367 e. The minimum absolute atomic E-state index is 0.0599. The van der Waals surface area contributed by atoms with Crippen LogP contribution in [-0.2, 0) is 10.0 Å². The topological polar surface area (TPSA) is 81.8 Å². The Balaban J connectivity index is 1.67. The number of benzene rings is 2. The van der Waals surface area contributed by atoms with Crippen molar-refractivity contribution in [3.63, 3.8) is 0 Å². The van der Waals surface area contributed by atoms with Crippen molar-refractivity contribution in [2.75, 3.05) is 48.9 Å². The van der Waals surface area contributed by atoms with Crippen LogP contribution in [0.1, 0.15) is 30.1 Å². The van der Waals surface area contributed by atoms with Crippen LogP contribution >= 0.6 is 11.6 Å². The number of piperidine rings is 1. The lowest BCUT2D eigenvalue weighted by atomic mass is 9.99. The summed E-state index contributed by atoms with van der Waals surface area (Å²) in [6.45, 7) is 6.75. The molecule has 0 bridgehead atoms. The lowest BCUT2D eigenvalue weighted by molar-refractivity contribution is 0.0683. The number of halogens is 1. The third-order valence-corrected chi connectivity index (χ3v) is 7.65. The molecule has 2 aliphatic rings. The fourth-order valence-corrected chi connectivity index (χ4v) is 5.50. The Bertz CT molecular complexity index is 1070. The number of carbonyl (C=O) groups is 1. The van der Waals surface area contributed by atoms with Crippen molar-refractivity contribution in [2.45, 2.75) is 24.7 Å². The number of piperazine rings is 1. The molecule has 2 saturated heterocycles. The Morgan fingerprint density at radius 3 is 2.50 bits per heavy atom. The van der Waals surface area contributed by atoms with E-state index in [1.807, 2.05) is 11.0 Å². The molecule has 0 unspecified atom stereocenters. The SMILES string of the molecule is C[C@@H]1CCCN(C(=O)c2ccc(N3CCNCC3)c(NS(=O)(=O)c3ccc(Cl)cc3)c2)C1. The van der Waals surface area contributed by atoms with Crippen molar-refractivity contribution in [3.8, 4) is 0 Å². The van der Waals surface area contributed by atoms with Gasteiger partial charge in [0.25, 0.3) is 15.9 Å².